The molecule has 5 nitrogen and oxygen atoms in total. The zero-order valence-electron chi connectivity index (χ0n) is 11.3. The van der Waals surface area contributed by atoms with Crippen molar-refractivity contribution >= 4 is 11.4 Å². The van der Waals surface area contributed by atoms with Crippen LogP contribution in [0.1, 0.15) is 12.5 Å². The van der Waals surface area contributed by atoms with Crippen LogP contribution < -0.4 is 20.1 Å². The summed E-state index contributed by atoms with van der Waals surface area (Å²) >= 11 is 0. The van der Waals surface area contributed by atoms with Crippen molar-refractivity contribution in [3.63, 3.8) is 0 Å². The van der Waals surface area contributed by atoms with E-state index in [-0.39, 0.29) is 0 Å². The van der Waals surface area contributed by atoms with Crippen molar-refractivity contribution in [3.8, 4) is 11.5 Å². The minimum Gasteiger partial charge on any atom is -0.454 e. The molecule has 0 amide bonds. The molecule has 0 aliphatic carbocycles. The molecule has 0 spiro atoms. The zero-order chi connectivity index (χ0) is 13.8. The molecule has 5 heteroatoms. The number of fused-ring (bicyclic) bond motifs is 1. The first kappa shape index (κ1) is 12.6. The number of rotatable bonds is 5. The molecule has 104 valence electrons. The summed E-state index contributed by atoms with van der Waals surface area (Å²) in [5, 5.41) is 6.59. The summed E-state index contributed by atoms with van der Waals surface area (Å²) in [4.78, 5) is 4.20. The largest absolute Gasteiger partial charge is 0.454 e. The minimum absolute atomic E-state index is 0.306. The third-order valence-corrected chi connectivity index (χ3v) is 3.05. The molecule has 1 aliphatic rings. The number of anilines is 2. The van der Waals surface area contributed by atoms with Crippen molar-refractivity contribution in [3.05, 3.63) is 42.2 Å². The number of aromatic nitrogens is 1. The highest BCUT2D eigenvalue weighted by atomic mass is 16.7. The van der Waals surface area contributed by atoms with Gasteiger partial charge >= 0.3 is 0 Å². The predicted octanol–water partition coefficient (Wildman–Crippen LogP) is 2.85. The van der Waals surface area contributed by atoms with E-state index >= 15 is 0 Å². The molecule has 1 aromatic carbocycles. The molecule has 0 saturated heterocycles. The molecule has 0 radical (unpaired) electrons. The summed E-state index contributed by atoms with van der Waals surface area (Å²) in [6.07, 6.45) is 3.63. The summed E-state index contributed by atoms with van der Waals surface area (Å²) in [6, 6.07) is 8.01. The van der Waals surface area contributed by atoms with E-state index in [1.54, 1.807) is 0 Å². The first-order valence-electron chi connectivity index (χ1n) is 6.66. The fraction of sp³-hybridized carbons (Fsp3) is 0.267. The molecule has 3 rings (SSSR count). The van der Waals surface area contributed by atoms with E-state index < -0.39 is 0 Å². The van der Waals surface area contributed by atoms with E-state index in [2.05, 4.69) is 22.5 Å². The summed E-state index contributed by atoms with van der Waals surface area (Å²) in [7, 11) is 0. The molecular formula is C15H17N3O2. The van der Waals surface area contributed by atoms with Crippen LogP contribution in [-0.2, 0) is 6.54 Å². The molecule has 0 atom stereocenters. The molecule has 2 heterocycles. The van der Waals surface area contributed by atoms with Gasteiger partial charge in [0.1, 0.15) is 0 Å². The van der Waals surface area contributed by atoms with Crippen LogP contribution >= 0.6 is 0 Å². The van der Waals surface area contributed by atoms with E-state index in [9.17, 15) is 0 Å². The maximum absolute atomic E-state index is 5.37. The number of hydrogen-bond donors (Lipinski definition) is 2. The minimum atomic E-state index is 0.306. The van der Waals surface area contributed by atoms with Crippen molar-refractivity contribution in [1.29, 1.82) is 0 Å². The van der Waals surface area contributed by atoms with Gasteiger partial charge in [-0.15, -0.1) is 0 Å². The summed E-state index contributed by atoms with van der Waals surface area (Å²) in [5.74, 6) is 1.62. The highest BCUT2D eigenvalue weighted by molar-refractivity contribution is 5.54. The van der Waals surface area contributed by atoms with Crippen LogP contribution in [0.2, 0.25) is 0 Å². The van der Waals surface area contributed by atoms with Crippen molar-refractivity contribution in [2.24, 2.45) is 0 Å². The molecule has 0 bridgehead atoms. The second-order valence-electron chi connectivity index (χ2n) is 4.53. The Morgan fingerprint density at radius 3 is 2.70 bits per heavy atom. The van der Waals surface area contributed by atoms with Gasteiger partial charge in [0.2, 0.25) is 6.79 Å². The van der Waals surface area contributed by atoms with Gasteiger partial charge in [-0.2, -0.15) is 0 Å². The van der Waals surface area contributed by atoms with Gasteiger partial charge in [-0.3, -0.25) is 4.98 Å². The third kappa shape index (κ3) is 2.77. The third-order valence-electron chi connectivity index (χ3n) is 3.05. The Kier molecular flexibility index (Phi) is 3.58. The molecule has 2 aromatic rings. The van der Waals surface area contributed by atoms with Crippen LogP contribution in [0.25, 0.3) is 0 Å². The fourth-order valence-electron chi connectivity index (χ4n) is 2.09. The van der Waals surface area contributed by atoms with Crippen molar-refractivity contribution in [2.75, 3.05) is 24.0 Å². The smallest absolute Gasteiger partial charge is 0.231 e. The molecule has 20 heavy (non-hydrogen) atoms. The Labute approximate surface area is 117 Å². The van der Waals surface area contributed by atoms with E-state index in [4.69, 9.17) is 9.47 Å². The van der Waals surface area contributed by atoms with E-state index in [1.807, 2.05) is 36.7 Å². The van der Waals surface area contributed by atoms with Crippen LogP contribution in [0.4, 0.5) is 11.4 Å². The normalized spacial score (nSPS) is 12.2. The molecule has 2 N–H and O–H groups in total. The van der Waals surface area contributed by atoms with Crippen LogP contribution in [0.3, 0.4) is 0 Å². The number of nitrogens with zero attached hydrogens (tertiary/aromatic N) is 1. The second-order valence-corrected chi connectivity index (χ2v) is 4.53. The lowest BCUT2D eigenvalue weighted by Gasteiger charge is -2.09. The van der Waals surface area contributed by atoms with Gasteiger partial charge in [-0.1, -0.05) is 6.07 Å². The standard InChI is InChI=1S/C15H17N3O2/c1-2-17-12-6-13(9-16-8-12)18-7-11-3-4-14-15(5-11)20-10-19-14/h3-6,8-9,17-18H,2,7,10H2,1H3. The van der Waals surface area contributed by atoms with Crippen LogP contribution in [0.15, 0.2) is 36.7 Å². The fourth-order valence-corrected chi connectivity index (χ4v) is 2.09. The quantitative estimate of drug-likeness (QED) is 0.875. The molecule has 0 unspecified atom stereocenters. The Bertz CT molecular complexity index is 601. The van der Waals surface area contributed by atoms with E-state index in [0.717, 1.165) is 35.0 Å². The van der Waals surface area contributed by atoms with Crippen LogP contribution in [0, 0.1) is 0 Å². The van der Waals surface area contributed by atoms with Gasteiger partial charge in [-0.25, -0.2) is 0 Å². The number of ether oxygens (including phenoxy) is 2. The first-order chi connectivity index (χ1) is 9.85. The zero-order valence-corrected chi connectivity index (χ0v) is 11.3. The average Bonchev–Trinajstić information content (AvgIpc) is 2.93. The summed E-state index contributed by atoms with van der Waals surface area (Å²) in [5.41, 5.74) is 3.15. The maximum Gasteiger partial charge on any atom is 0.231 e. The number of nitrogens with one attached hydrogen (secondary N) is 2. The molecule has 1 aromatic heterocycles. The van der Waals surface area contributed by atoms with Crippen molar-refractivity contribution in [2.45, 2.75) is 13.5 Å². The van der Waals surface area contributed by atoms with Crippen molar-refractivity contribution in [1.82, 2.24) is 4.98 Å². The van der Waals surface area contributed by atoms with Gasteiger partial charge in [0.15, 0.2) is 11.5 Å². The second kappa shape index (κ2) is 5.69. The number of pyridine rings is 1. The van der Waals surface area contributed by atoms with Gasteiger partial charge in [-0.05, 0) is 30.7 Å². The Hall–Kier alpha value is -2.43. The van der Waals surface area contributed by atoms with Gasteiger partial charge < -0.3 is 20.1 Å². The number of benzene rings is 1. The topological polar surface area (TPSA) is 55.4 Å². The lowest BCUT2D eigenvalue weighted by atomic mass is 10.2. The first-order valence-corrected chi connectivity index (χ1v) is 6.66. The lowest BCUT2D eigenvalue weighted by Crippen LogP contribution is -2.02. The molecular weight excluding hydrogens is 254 g/mol. The average molecular weight is 271 g/mol. The van der Waals surface area contributed by atoms with Gasteiger partial charge in [0.05, 0.1) is 23.8 Å². The van der Waals surface area contributed by atoms with Crippen LogP contribution in [0.5, 0.6) is 11.5 Å². The van der Waals surface area contributed by atoms with Gasteiger partial charge in [0, 0.05) is 13.1 Å². The molecule has 1 aliphatic heterocycles. The highest BCUT2D eigenvalue weighted by Gasteiger charge is 2.12. The van der Waals surface area contributed by atoms with Gasteiger partial charge in [0.25, 0.3) is 0 Å². The van der Waals surface area contributed by atoms with Crippen molar-refractivity contribution < 1.29 is 9.47 Å². The summed E-state index contributed by atoms with van der Waals surface area (Å²) < 4.78 is 10.7. The Morgan fingerprint density at radius 1 is 1.05 bits per heavy atom. The van der Waals surface area contributed by atoms with E-state index in [0.29, 0.717) is 13.3 Å². The van der Waals surface area contributed by atoms with E-state index in [1.165, 1.54) is 0 Å². The summed E-state index contributed by atoms with van der Waals surface area (Å²) in [6.45, 7) is 3.97. The monoisotopic (exact) mass is 271 g/mol. The SMILES string of the molecule is CCNc1cncc(NCc2ccc3c(c2)OCO3)c1. The number of hydrogen-bond acceptors (Lipinski definition) is 5. The Balaban J connectivity index is 1.65. The highest BCUT2D eigenvalue weighted by Crippen LogP contribution is 2.32. The predicted molar refractivity (Wildman–Crippen MR) is 78.3 cm³/mol. The van der Waals surface area contributed by atoms with Crippen LogP contribution in [-0.4, -0.2) is 18.3 Å². The molecule has 0 saturated carbocycles. The molecule has 0 fully saturated rings. The Morgan fingerprint density at radius 2 is 1.85 bits per heavy atom. The maximum atomic E-state index is 5.37. The lowest BCUT2D eigenvalue weighted by molar-refractivity contribution is 0.174.